The van der Waals surface area contributed by atoms with E-state index in [9.17, 15) is 28.1 Å². The van der Waals surface area contributed by atoms with Crippen LogP contribution in [0.15, 0.2) is 41.2 Å². The predicted molar refractivity (Wildman–Crippen MR) is 104 cm³/mol. The molecule has 30 heavy (non-hydrogen) atoms. The number of benzene rings is 2. The van der Waals surface area contributed by atoms with Crippen LogP contribution in [0.2, 0.25) is 0 Å². The fraction of sp³-hybridized carbons (Fsp3) is 0.263. The second kappa shape index (κ2) is 7.65. The topological polar surface area (TPSA) is 99.3 Å². The van der Waals surface area contributed by atoms with Crippen molar-refractivity contribution in [3.8, 4) is 5.75 Å². The van der Waals surface area contributed by atoms with Crippen LogP contribution in [0.3, 0.4) is 0 Å². The van der Waals surface area contributed by atoms with Crippen molar-refractivity contribution in [2.24, 2.45) is 7.05 Å². The minimum atomic E-state index is -4.74. The Bertz CT molecular complexity index is 1190. The van der Waals surface area contributed by atoms with Crippen molar-refractivity contribution < 1.29 is 22.8 Å². The quantitative estimate of drug-likeness (QED) is 0.492. The van der Waals surface area contributed by atoms with Crippen LogP contribution in [0.25, 0.3) is 10.8 Å². The Morgan fingerprint density at radius 1 is 1.20 bits per heavy atom. The molecule has 0 aliphatic rings. The summed E-state index contributed by atoms with van der Waals surface area (Å²) in [6, 6.07) is 6.35. The highest BCUT2D eigenvalue weighted by Crippen LogP contribution is 2.35. The van der Waals surface area contributed by atoms with Gasteiger partial charge in [-0.1, -0.05) is 0 Å². The van der Waals surface area contributed by atoms with Crippen LogP contribution in [0.5, 0.6) is 5.75 Å². The molecule has 0 saturated heterocycles. The lowest BCUT2D eigenvalue weighted by Gasteiger charge is -2.18. The molecule has 1 heterocycles. The van der Waals surface area contributed by atoms with Gasteiger partial charge in [-0.15, -0.1) is 0 Å². The number of aryl methyl sites for hydroxylation is 1. The van der Waals surface area contributed by atoms with Gasteiger partial charge < -0.3 is 10.1 Å². The number of methoxy groups -OCH3 is 1. The number of aromatic nitrogens is 2. The van der Waals surface area contributed by atoms with Crippen molar-refractivity contribution in [2.45, 2.75) is 19.1 Å². The maximum Gasteiger partial charge on any atom is 0.416 e. The number of nitro benzene ring substituents is 1. The number of nitrogens with one attached hydrogen (secondary N) is 1. The first kappa shape index (κ1) is 21.1. The zero-order chi connectivity index (χ0) is 22.2. The van der Waals surface area contributed by atoms with Crippen molar-refractivity contribution in [1.82, 2.24) is 9.78 Å². The van der Waals surface area contributed by atoms with Crippen molar-refractivity contribution in [2.75, 3.05) is 12.4 Å². The molecule has 3 rings (SSSR count). The lowest BCUT2D eigenvalue weighted by Crippen LogP contribution is -2.22. The summed E-state index contributed by atoms with van der Waals surface area (Å²) in [5.74, 6) is 0.682. The Morgan fingerprint density at radius 2 is 1.90 bits per heavy atom. The number of hydrogen-bond acceptors (Lipinski definition) is 6. The van der Waals surface area contributed by atoms with Gasteiger partial charge in [0.25, 0.3) is 11.2 Å². The van der Waals surface area contributed by atoms with Crippen molar-refractivity contribution >= 4 is 22.3 Å². The summed E-state index contributed by atoms with van der Waals surface area (Å²) in [4.78, 5) is 22.6. The lowest BCUT2D eigenvalue weighted by molar-refractivity contribution is -0.385. The Kier molecular flexibility index (Phi) is 5.38. The molecule has 0 fully saturated rings. The van der Waals surface area contributed by atoms with Crippen molar-refractivity contribution in [3.05, 3.63) is 68.0 Å². The summed E-state index contributed by atoms with van der Waals surface area (Å²) in [6.07, 6.45) is -4.74. The Balaban J connectivity index is 2.10. The Hall–Kier alpha value is -3.63. The van der Waals surface area contributed by atoms with Crippen LogP contribution >= 0.6 is 0 Å². The maximum atomic E-state index is 13.2. The third-order valence-corrected chi connectivity index (χ3v) is 4.59. The van der Waals surface area contributed by atoms with Gasteiger partial charge in [-0.05, 0) is 36.8 Å². The zero-order valence-corrected chi connectivity index (χ0v) is 16.1. The van der Waals surface area contributed by atoms with E-state index < -0.39 is 28.4 Å². The van der Waals surface area contributed by atoms with Gasteiger partial charge in [0, 0.05) is 24.6 Å². The van der Waals surface area contributed by atoms with Gasteiger partial charge in [-0.25, -0.2) is 4.68 Å². The zero-order valence-electron chi connectivity index (χ0n) is 16.1. The standard InChI is InChI=1S/C19H17F3N4O4/c1-10(11-6-12(19(20,21)22)8-13(7-11)26(28)29)23-17-16-9-14(30-3)4-5-15(16)18(27)25(2)24-17/h4-10H,1-3H3,(H,23,24)/t10-/m1/s1. The van der Waals surface area contributed by atoms with E-state index in [1.165, 1.54) is 21.1 Å². The molecule has 1 N–H and O–H groups in total. The molecule has 0 bridgehead atoms. The number of rotatable bonds is 5. The van der Waals surface area contributed by atoms with Crippen LogP contribution in [-0.4, -0.2) is 21.8 Å². The monoisotopic (exact) mass is 422 g/mol. The third-order valence-electron chi connectivity index (χ3n) is 4.59. The second-order valence-corrected chi connectivity index (χ2v) is 6.62. The van der Waals surface area contributed by atoms with Gasteiger partial charge in [0.05, 0.1) is 29.0 Å². The number of halogens is 3. The van der Waals surface area contributed by atoms with Gasteiger partial charge in [0.1, 0.15) is 5.75 Å². The first-order valence-electron chi connectivity index (χ1n) is 8.69. The van der Waals surface area contributed by atoms with E-state index in [-0.39, 0.29) is 16.9 Å². The molecule has 0 radical (unpaired) electrons. The number of nitro groups is 1. The first-order valence-corrected chi connectivity index (χ1v) is 8.69. The normalized spacial score (nSPS) is 12.6. The van der Waals surface area contributed by atoms with E-state index in [1.807, 2.05) is 0 Å². The summed E-state index contributed by atoms with van der Waals surface area (Å²) < 4.78 is 45.8. The fourth-order valence-corrected chi connectivity index (χ4v) is 3.01. The predicted octanol–water partition coefficient (Wildman–Crippen LogP) is 4.04. The molecule has 0 saturated carbocycles. The second-order valence-electron chi connectivity index (χ2n) is 6.62. The number of ether oxygens (including phenoxy) is 1. The molecule has 3 aromatic rings. The summed E-state index contributed by atoms with van der Waals surface area (Å²) in [5.41, 5.74) is -2.11. The largest absolute Gasteiger partial charge is 0.497 e. The molecule has 2 aromatic carbocycles. The average molecular weight is 422 g/mol. The molecule has 0 amide bonds. The maximum absolute atomic E-state index is 13.2. The van der Waals surface area contributed by atoms with E-state index in [4.69, 9.17) is 4.74 Å². The smallest absolute Gasteiger partial charge is 0.416 e. The van der Waals surface area contributed by atoms with E-state index in [0.29, 0.717) is 22.6 Å². The van der Waals surface area contributed by atoms with Crippen LogP contribution in [0.1, 0.15) is 24.1 Å². The highest BCUT2D eigenvalue weighted by molar-refractivity contribution is 5.92. The highest BCUT2D eigenvalue weighted by atomic mass is 19.4. The molecule has 0 unspecified atom stereocenters. The van der Waals surface area contributed by atoms with E-state index in [2.05, 4.69) is 10.4 Å². The molecule has 158 valence electrons. The molecular formula is C19H17F3N4O4. The Labute approximate surface area is 168 Å². The molecule has 1 atom stereocenters. The van der Waals surface area contributed by atoms with E-state index in [0.717, 1.165) is 16.8 Å². The Morgan fingerprint density at radius 3 is 2.50 bits per heavy atom. The van der Waals surface area contributed by atoms with Gasteiger partial charge in [0.15, 0.2) is 5.82 Å². The fourth-order valence-electron chi connectivity index (χ4n) is 3.01. The number of hydrogen-bond donors (Lipinski definition) is 1. The highest BCUT2D eigenvalue weighted by Gasteiger charge is 2.33. The lowest BCUT2D eigenvalue weighted by atomic mass is 10.0. The van der Waals surface area contributed by atoms with Crippen LogP contribution in [0.4, 0.5) is 24.7 Å². The number of fused-ring (bicyclic) bond motifs is 1. The summed E-state index contributed by atoms with van der Waals surface area (Å²) >= 11 is 0. The molecule has 8 nitrogen and oxygen atoms in total. The van der Waals surface area contributed by atoms with Gasteiger partial charge >= 0.3 is 6.18 Å². The molecule has 1 aromatic heterocycles. The average Bonchev–Trinajstić information content (AvgIpc) is 2.70. The third kappa shape index (κ3) is 4.04. The summed E-state index contributed by atoms with van der Waals surface area (Å²) in [7, 11) is 2.89. The number of non-ortho nitro benzene ring substituents is 1. The van der Waals surface area contributed by atoms with Gasteiger partial charge in [-0.2, -0.15) is 18.3 Å². The van der Waals surface area contributed by atoms with Crippen molar-refractivity contribution in [3.63, 3.8) is 0 Å². The first-order chi connectivity index (χ1) is 14.0. The number of anilines is 1. The minimum Gasteiger partial charge on any atom is -0.497 e. The molecule has 0 spiro atoms. The molecule has 11 heteroatoms. The molecular weight excluding hydrogens is 405 g/mol. The van der Waals surface area contributed by atoms with E-state index in [1.54, 1.807) is 18.2 Å². The van der Waals surface area contributed by atoms with Gasteiger partial charge in [0.2, 0.25) is 0 Å². The van der Waals surface area contributed by atoms with E-state index >= 15 is 0 Å². The van der Waals surface area contributed by atoms with Crippen molar-refractivity contribution in [1.29, 1.82) is 0 Å². The van der Waals surface area contributed by atoms with Crippen LogP contribution in [-0.2, 0) is 13.2 Å². The van der Waals surface area contributed by atoms with Crippen LogP contribution in [0, 0.1) is 10.1 Å². The van der Waals surface area contributed by atoms with Gasteiger partial charge in [-0.3, -0.25) is 14.9 Å². The SMILES string of the molecule is COc1ccc2c(=O)n(C)nc(N[C@H](C)c3cc([N+](=O)[O-])cc(C(F)(F)F)c3)c2c1. The van der Waals surface area contributed by atoms with Crippen LogP contribution < -0.4 is 15.6 Å². The summed E-state index contributed by atoms with van der Waals surface area (Å²) in [6.45, 7) is 1.54. The molecule has 0 aliphatic carbocycles. The number of alkyl halides is 3. The molecule has 0 aliphatic heterocycles. The summed E-state index contributed by atoms with van der Waals surface area (Å²) in [5, 5.41) is 18.9. The number of nitrogens with zero attached hydrogens (tertiary/aromatic N) is 3. The minimum absolute atomic E-state index is 0.0447.